The van der Waals surface area contributed by atoms with Gasteiger partial charge in [-0.15, -0.1) is 0 Å². The van der Waals surface area contributed by atoms with Crippen molar-refractivity contribution in [1.82, 2.24) is 0 Å². The summed E-state index contributed by atoms with van der Waals surface area (Å²) in [5, 5.41) is 0. The number of hydrogen-bond donors (Lipinski definition) is 0. The molecule has 2 fully saturated rings. The minimum Gasteiger partial charge on any atom is -0.399 e. The smallest absolute Gasteiger partial charge is 0.399 e. The van der Waals surface area contributed by atoms with Crippen LogP contribution in [0.1, 0.15) is 40.5 Å². The SMILES string of the molecule is CC1(C)OB(c2ccc(F)c(N3CCCC3=O)c2)OC1(C)C. The van der Waals surface area contributed by atoms with Gasteiger partial charge in [-0.2, -0.15) is 0 Å². The molecule has 1 amide bonds. The van der Waals surface area contributed by atoms with Crippen molar-refractivity contribution in [3.05, 3.63) is 24.0 Å². The van der Waals surface area contributed by atoms with Gasteiger partial charge in [-0.25, -0.2) is 4.39 Å². The third kappa shape index (κ3) is 2.44. The molecule has 6 heteroatoms. The zero-order valence-electron chi connectivity index (χ0n) is 13.5. The van der Waals surface area contributed by atoms with E-state index in [0.717, 1.165) is 11.9 Å². The van der Waals surface area contributed by atoms with Crippen LogP contribution >= 0.6 is 0 Å². The lowest BCUT2D eigenvalue weighted by Gasteiger charge is -2.32. The van der Waals surface area contributed by atoms with Crippen molar-refractivity contribution in [1.29, 1.82) is 0 Å². The summed E-state index contributed by atoms with van der Waals surface area (Å²) in [5.74, 6) is -0.430. The van der Waals surface area contributed by atoms with E-state index in [1.807, 2.05) is 27.7 Å². The maximum absolute atomic E-state index is 14.1. The van der Waals surface area contributed by atoms with E-state index in [1.54, 1.807) is 12.1 Å². The summed E-state index contributed by atoms with van der Waals surface area (Å²) in [4.78, 5) is 13.4. The number of carbonyl (C=O) groups is 1. The van der Waals surface area contributed by atoms with Crippen LogP contribution in [0.5, 0.6) is 0 Å². The summed E-state index contributed by atoms with van der Waals surface area (Å²) < 4.78 is 26.1. The van der Waals surface area contributed by atoms with Gasteiger partial charge in [-0.1, -0.05) is 6.07 Å². The molecule has 2 aliphatic rings. The Morgan fingerprint density at radius 3 is 2.36 bits per heavy atom. The highest BCUT2D eigenvalue weighted by atomic mass is 19.1. The zero-order valence-corrected chi connectivity index (χ0v) is 13.5. The fourth-order valence-corrected chi connectivity index (χ4v) is 2.77. The van der Waals surface area contributed by atoms with Gasteiger partial charge < -0.3 is 14.2 Å². The number of nitrogens with zero attached hydrogens (tertiary/aromatic N) is 1. The fraction of sp³-hybridized carbons (Fsp3) is 0.562. The third-order valence-electron chi connectivity index (χ3n) is 4.86. The van der Waals surface area contributed by atoms with E-state index in [2.05, 4.69) is 0 Å². The van der Waals surface area contributed by atoms with Gasteiger partial charge in [0.05, 0.1) is 16.9 Å². The highest BCUT2D eigenvalue weighted by Gasteiger charge is 2.51. The van der Waals surface area contributed by atoms with E-state index in [4.69, 9.17) is 9.31 Å². The van der Waals surface area contributed by atoms with Crippen LogP contribution in [0.15, 0.2) is 18.2 Å². The van der Waals surface area contributed by atoms with Crippen LogP contribution in [0.3, 0.4) is 0 Å². The Morgan fingerprint density at radius 1 is 1.18 bits per heavy atom. The van der Waals surface area contributed by atoms with Crippen LogP contribution in [0.2, 0.25) is 0 Å². The van der Waals surface area contributed by atoms with Gasteiger partial charge in [0.25, 0.3) is 0 Å². The molecule has 2 aliphatic heterocycles. The summed E-state index contributed by atoms with van der Waals surface area (Å²) in [6.45, 7) is 8.45. The standard InChI is InChI=1S/C16H21BFNO3/c1-15(2)16(3,4)22-17(21-15)11-7-8-12(18)13(10-11)19-9-5-6-14(19)20/h7-8,10H,5-6,9H2,1-4H3. The molecule has 2 heterocycles. The Kier molecular flexibility index (Phi) is 3.57. The van der Waals surface area contributed by atoms with Gasteiger partial charge in [0.1, 0.15) is 5.82 Å². The largest absolute Gasteiger partial charge is 0.494 e. The number of carbonyl (C=O) groups excluding carboxylic acids is 1. The lowest BCUT2D eigenvalue weighted by atomic mass is 9.79. The molecule has 1 aromatic carbocycles. The Labute approximate surface area is 130 Å². The molecule has 118 valence electrons. The predicted molar refractivity (Wildman–Crippen MR) is 83.7 cm³/mol. The monoisotopic (exact) mass is 305 g/mol. The maximum Gasteiger partial charge on any atom is 0.494 e. The summed E-state index contributed by atoms with van der Waals surface area (Å²) in [6.07, 6.45) is 1.24. The van der Waals surface area contributed by atoms with Gasteiger partial charge in [0.2, 0.25) is 5.91 Å². The number of benzene rings is 1. The molecule has 1 aromatic rings. The van der Waals surface area contributed by atoms with Crippen LogP contribution in [-0.2, 0) is 14.1 Å². The summed E-state index contributed by atoms with van der Waals surface area (Å²) >= 11 is 0. The molecule has 22 heavy (non-hydrogen) atoms. The Bertz CT molecular complexity index is 601. The van der Waals surface area contributed by atoms with E-state index in [0.29, 0.717) is 18.7 Å². The lowest BCUT2D eigenvalue weighted by Crippen LogP contribution is -2.41. The first-order chi connectivity index (χ1) is 10.2. The molecule has 3 rings (SSSR count). The quantitative estimate of drug-likeness (QED) is 0.787. The predicted octanol–water partition coefficient (Wildman–Crippen LogP) is 2.25. The topological polar surface area (TPSA) is 38.8 Å². The molecule has 0 aliphatic carbocycles. The van der Waals surface area contributed by atoms with Crippen molar-refractivity contribution in [3.8, 4) is 0 Å². The second-order valence-corrected chi connectivity index (χ2v) is 6.95. The molecule has 2 saturated heterocycles. The first kappa shape index (κ1) is 15.5. The molecule has 0 N–H and O–H groups in total. The molecule has 0 spiro atoms. The summed E-state index contributed by atoms with van der Waals surface area (Å²) in [7, 11) is -0.554. The number of rotatable bonds is 2. The molecular formula is C16H21BFNO3. The second kappa shape index (κ2) is 5.06. The van der Waals surface area contributed by atoms with E-state index in [1.165, 1.54) is 11.0 Å². The fourth-order valence-electron chi connectivity index (χ4n) is 2.77. The number of anilines is 1. The minimum atomic E-state index is -0.554. The van der Waals surface area contributed by atoms with Crippen LogP contribution in [0.25, 0.3) is 0 Å². The Hall–Kier alpha value is -1.40. The second-order valence-electron chi connectivity index (χ2n) is 6.95. The molecule has 0 radical (unpaired) electrons. The van der Waals surface area contributed by atoms with Crippen molar-refractivity contribution in [2.45, 2.75) is 51.7 Å². The van der Waals surface area contributed by atoms with Crippen molar-refractivity contribution >= 4 is 24.2 Å². The molecule has 0 unspecified atom stereocenters. The Morgan fingerprint density at radius 2 is 1.82 bits per heavy atom. The van der Waals surface area contributed by atoms with Crippen LogP contribution in [0, 0.1) is 5.82 Å². The number of hydrogen-bond acceptors (Lipinski definition) is 3. The Balaban J connectivity index is 1.92. The van der Waals surface area contributed by atoms with Crippen LogP contribution in [0.4, 0.5) is 10.1 Å². The minimum absolute atomic E-state index is 0.0371. The average molecular weight is 305 g/mol. The lowest BCUT2D eigenvalue weighted by molar-refractivity contribution is -0.117. The van der Waals surface area contributed by atoms with E-state index >= 15 is 0 Å². The van der Waals surface area contributed by atoms with Crippen molar-refractivity contribution in [2.75, 3.05) is 11.4 Å². The van der Waals surface area contributed by atoms with E-state index in [-0.39, 0.29) is 5.91 Å². The highest BCUT2D eigenvalue weighted by Crippen LogP contribution is 2.36. The van der Waals surface area contributed by atoms with Crippen molar-refractivity contribution in [3.63, 3.8) is 0 Å². The first-order valence-electron chi connectivity index (χ1n) is 7.67. The van der Waals surface area contributed by atoms with Gasteiger partial charge in [0, 0.05) is 13.0 Å². The number of amides is 1. The van der Waals surface area contributed by atoms with Crippen molar-refractivity contribution in [2.24, 2.45) is 0 Å². The first-order valence-corrected chi connectivity index (χ1v) is 7.67. The third-order valence-corrected chi connectivity index (χ3v) is 4.86. The number of halogens is 1. The maximum atomic E-state index is 14.1. The highest BCUT2D eigenvalue weighted by molar-refractivity contribution is 6.62. The van der Waals surface area contributed by atoms with Gasteiger partial charge in [0.15, 0.2) is 0 Å². The van der Waals surface area contributed by atoms with Crippen LogP contribution < -0.4 is 10.4 Å². The van der Waals surface area contributed by atoms with Crippen LogP contribution in [-0.4, -0.2) is 30.8 Å². The van der Waals surface area contributed by atoms with Gasteiger partial charge in [-0.05, 0) is 51.7 Å². The molecule has 0 saturated carbocycles. The zero-order chi connectivity index (χ0) is 16.1. The molecule has 0 bridgehead atoms. The van der Waals surface area contributed by atoms with Crippen molar-refractivity contribution < 1.29 is 18.5 Å². The van der Waals surface area contributed by atoms with E-state index in [9.17, 15) is 9.18 Å². The van der Waals surface area contributed by atoms with E-state index < -0.39 is 24.1 Å². The average Bonchev–Trinajstić information content (AvgIpc) is 2.92. The molecule has 0 aromatic heterocycles. The van der Waals surface area contributed by atoms with Gasteiger partial charge >= 0.3 is 7.12 Å². The van der Waals surface area contributed by atoms with Gasteiger partial charge in [-0.3, -0.25) is 4.79 Å². The molecular weight excluding hydrogens is 284 g/mol. The summed E-state index contributed by atoms with van der Waals surface area (Å²) in [6, 6.07) is 4.70. The molecule has 4 nitrogen and oxygen atoms in total. The molecule has 0 atom stereocenters. The summed E-state index contributed by atoms with van der Waals surface area (Å²) in [5.41, 5.74) is 0.148. The normalized spacial score (nSPS) is 23.4.